The van der Waals surface area contributed by atoms with Crippen molar-refractivity contribution >= 4 is 0 Å². The second-order valence-electron chi connectivity index (χ2n) is 3.25. The van der Waals surface area contributed by atoms with Crippen molar-refractivity contribution in [2.75, 3.05) is 13.1 Å². The standard InChI is InChI=1S/C8H16N.Ac/c1-7(2)8-3-5-9-6-4-8;/h7-8H,3-6H2,1-2H3;/q-1;. The van der Waals surface area contributed by atoms with Crippen molar-refractivity contribution in [2.24, 2.45) is 11.8 Å². The van der Waals surface area contributed by atoms with Crippen LogP contribution in [0.25, 0.3) is 5.32 Å². The summed E-state index contributed by atoms with van der Waals surface area (Å²) in [6.45, 7) is 6.86. The van der Waals surface area contributed by atoms with E-state index in [9.17, 15) is 0 Å². The third kappa shape index (κ3) is 3.69. The SMILES string of the molecule is CC(C)C1CC[N-]CC1.[Ac]. The van der Waals surface area contributed by atoms with Crippen molar-refractivity contribution < 1.29 is 44.1 Å². The van der Waals surface area contributed by atoms with E-state index in [0.717, 1.165) is 24.9 Å². The number of hydrogen-bond donors (Lipinski definition) is 0. The molecule has 0 spiro atoms. The Bertz CT molecular complexity index is 77.3. The molecule has 1 aliphatic heterocycles. The van der Waals surface area contributed by atoms with E-state index in [1.807, 2.05) is 0 Å². The van der Waals surface area contributed by atoms with E-state index in [2.05, 4.69) is 19.2 Å². The summed E-state index contributed by atoms with van der Waals surface area (Å²) in [6, 6.07) is 0. The van der Waals surface area contributed by atoms with E-state index in [0.29, 0.717) is 0 Å². The second-order valence-corrected chi connectivity index (χ2v) is 3.25. The summed E-state index contributed by atoms with van der Waals surface area (Å²) in [5.41, 5.74) is 0. The van der Waals surface area contributed by atoms with Crippen molar-refractivity contribution in [2.45, 2.75) is 26.7 Å². The Balaban J connectivity index is 0.000000810. The molecule has 2 heteroatoms. The van der Waals surface area contributed by atoms with Crippen LogP contribution in [0.3, 0.4) is 0 Å². The van der Waals surface area contributed by atoms with Gasteiger partial charge in [0, 0.05) is 44.1 Å². The molecule has 0 aromatic carbocycles. The predicted molar refractivity (Wildman–Crippen MR) is 40.7 cm³/mol. The molecule has 1 rings (SSSR count). The van der Waals surface area contributed by atoms with Crippen LogP contribution in [0.5, 0.6) is 0 Å². The van der Waals surface area contributed by atoms with Gasteiger partial charge in [-0.2, -0.15) is 0 Å². The maximum absolute atomic E-state index is 4.31. The largest absolute Gasteiger partial charge is 0.662 e. The summed E-state index contributed by atoms with van der Waals surface area (Å²) in [5.74, 6) is 1.84. The van der Waals surface area contributed by atoms with E-state index in [-0.39, 0.29) is 44.1 Å². The molecule has 1 nitrogen and oxygen atoms in total. The van der Waals surface area contributed by atoms with Crippen molar-refractivity contribution in [3.8, 4) is 0 Å². The molecule has 1 fully saturated rings. The van der Waals surface area contributed by atoms with Crippen LogP contribution < -0.4 is 0 Å². The molecule has 0 atom stereocenters. The van der Waals surface area contributed by atoms with Crippen LogP contribution in [-0.4, -0.2) is 13.1 Å². The minimum atomic E-state index is 0. The maximum atomic E-state index is 4.31. The van der Waals surface area contributed by atoms with Gasteiger partial charge in [0.25, 0.3) is 0 Å². The molecule has 0 bridgehead atoms. The quantitative estimate of drug-likeness (QED) is 0.688. The van der Waals surface area contributed by atoms with Crippen LogP contribution in [0.2, 0.25) is 0 Å². The Morgan fingerprint density at radius 2 is 1.70 bits per heavy atom. The van der Waals surface area contributed by atoms with Gasteiger partial charge in [0.2, 0.25) is 0 Å². The fourth-order valence-electron chi connectivity index (χ4n) is 1.44. The first-order chi connectivity index (χ1) is 4.30. The topological polar surface area (TPSA) is 14.1 Å². The maximum Gasteiger partial charge on any atom is 0 e. The summed E-state index contributed by atoms with van der Waals surface area (Å²) < 4.78 is 0. The van der Waals surface area contributed by atoms with E-state index < -0.39 is 0 Å². The first-order valence-corrected chi connectivity index (χ1v) is 3.94. The zero-order valence-corrected chi connectivity index (χ0v) is 11.8. The van der Waals surface area contributed by atoms with Gasteiger partial charge in [0.15, 0.2) is 0 Å². The van der Waals surface area contributed by atoms with Crippen LogP contribution >= 0.6 is 0 Å². The minimum Gasteiger partial charge on any atom is -0.662 e. The third-order valence-electron chi connectivity index (χ3n) is 2.26. The second kappa shape index (κ2) is 5.98. The average Bonchev–Trinajstić information content (AvgIpc) is 1.90. The van der Waals surface area contributed by atoms with Gasteiger partial charge in [0.1, 0.15) is 0 Å². The molecule has 0 N–H and O–H groups in total. The van der Waals surface area contributed by atoms with Crippen LogP contribution in [0.15, 0.2) is 0 Å². The molecular formula is C8H16AcN-. The Hall–Kier alpha value is 1.40. The number of hydrogen-bond acceptors (Lipinski definition) is 0. The van der Waals surface area contributed by atoms with Gasteiger partial charge < -0.3 is 5.32 Å². The fraction of sp³-hybridized carbons (Fsp3) is 1.00. The van der Waals surface area contributed by atoms with E-state index >= 15 is 0 Å². The van der Waals surface area contributed by atoms with Crippen molar-refractivity contribution in [3.05, 3.63) is 5.32 Å². The molecule has 1 heterocycles. The zero-order valence-electron chi connectivity index (χ0n) is 7.01. The molecule has 1 saturated heterocycles. The Kier molecular flexibility index (Phi) is 6.82. The Morgan fingerprint density at radius 3 is 2.00 bits per heavy atom. The van der Waals surface area contributed by atoms with Gasteiger partial charge in [-0.15, -0.1) is 13.1 Å². The van der Waals surface area contributed by atoms with Crippen LogP contribution in [0.4, 0.5) is 0 Å². The van der Waals surface area contributed by atoms with Crippen LogP contribution in [0, 0.1) is 55.9 Å². The molecule has 10 heavy (non-hydrogen) atoms. The van der Waals surface area contributed by atoms with Crippen molar-refractivity contribution in [1.29, 1.82) is 0 Å². The summed E-state index contributed by atoms with van der Waals surface area (Å²) in [4.78, 5) is 0. The summed E-state index contributed by atoms with van der Waals surface area (Å²) in [5, 5.41) is 4.31. The van der Waals surface area contributed by atoms with Gasteiger partial charge in [0.05, 0.1) is 0 Å². The molecule has 1 aliphatic rings. The summed E-state index contributed by atoms with van der Waals surface area (Å²) >= 11 is 0. The Morgan fingerprint density at radius 1 is 1.20 bits per heavy atom. The van der Waals surface area contributed by atoms with Crippen molar-refractivity contribution in [1.82, 2.24) is 0 Å². The number of rotatable bonds is 1. The zero-order chi connectivity index (χ0) is 6.69. The monoisotopic (exact) mass is 353 g/mol. The Labute approximate surface area is 99.9 Å². The van der Waals surface area contributed by atoms with E-state index in [1.165, 1.54) is 12.8 Å². The molecule has 57 valence electrons. The predicted octanol–water partition coefficient (Wildman–Crippen LogP) is 2.43. The van der Waals surface area contributed by atoms with E-state index in [1.54, 1.807) is 0 Å². The van der Waals surface area contributed by atoms with Gasteiger partial charge in [-0.05, 0) is 11.8 Å². The summed E-state index contributed by atoms with van der Waals surface area (Å²) in [6.07, 6.45) is 2.66. The molecular weight excluding hydrogens is 337 g/mol. The molecule has 0 saturated carbocycles. The van der Waals surface area contributed by atoms with Gasteiger partial charge in [-0.1, -0.05) is 26.7 Å². The molecule has 0 aliphatic carbocycles. The normalized spacial score (nSPS) is 20.7. The van der Waals surface area contributed by atoms with Crippen LogP contribution in [-0.2, 0) is 0 Å². The molecule has 1 radical (unpaired) electrons. The van der Waals surface area contributed by atoms with E-state index in [4.69, 9.17) is 0 Å². The minimum absolute atomic E-state index is 0. The fourth-order valence-corrected chi connectivity index (χ4v) is 1.44. The number of nitrogens with zero attached hydrogens (tertiary/aromatic N) is 1. The van der Waals surface area contributed by atoms with Gasteiger partial charge in [-0.25, -0.2) is 0 Å². The van der Waals surface area contributed by atoms with Crippen molar-refractivity contribution in [3.63, 3.8) is 0 Å². The smallest absolute Gasteiger partial charge is 0 e. The average molecular weight is 353 g/mol. The molecule has 0 aromatic rings. The van der Waals surface area contributed by atoms with Gasteiger partial charge in [-0.3, -0.25) is 0 Å². The first kappa shape index (κ1) is 11.4. The molecule has 0 amide bonds. The molecule has 0 aromatic heterocycles. The third-order valence-corrected chi connectivity index (χ3v) is 2.26. The van der Waals surface area contributed by atoms with Crippen LogP contribution in [0.1, 0.15) is 26.7 Å². The molecule has 0 unspecified atom stereocenters. The van der Waals surface area contributed by atoms with Gasteiger partial charge >= 0.3 is 0 Å². The number of piperidine rings is 1. The first-order valence-electron chi connectivity index (χ1n) is 3.94. The summed E-state index contributed by atoms with van der Waals surface area (Å²) in [7, 11) is 0.